The van der Waals surface area contributed by atoms with Gasteiger partial charge in [-0.25, -0.2) is 14.8 Å². The third kappa shape index (κ3) is 2.87. The maximum absolute atomic E-state index is 11.9. The molecule has 1 aliphatic rings. The molecule has 0 aliphatic carbocycles. The summed E-state index contributed by atoms with van der Waals surface area (Å²) in [6.45, 7) is 3.65. The van der Waals surface area contributed by atoms with Crippen molar-refractivity contribution in [2.45, 2.75) is 20.3 Å². The fraction of sp³-hybridized carbons (Fsp3) is 0.333. The highest BCUT2D eigenvalue weighted by atomic mass is 16.5. The van der Waals surface area contributed by atoms with Crippen LogP contribution in [0.4, 0.5) is 5.95 Å². The van der Waals surface area contributed by atoms with Crippen molar-refractivity contribution in [1.82, 2.24) is 15.4 Å². The summed E-state index contributed by atoms with van der Waals surface area (Å²) in [5, 5.41) is 1.23. The molecule has 0 unspecified atom stereocenters. The van der Waals surface area contributed by atoms with Gasteiger partial charge in [0.25, 0.3) is 11.9 Å². The van der Waals surface area contributed by atoms with Crippen LogP contribution in [0.1, 0.15) is 17.8 Å². The number of esters is 1. The van der Waals surface area contributed by atoms with Gasteiger partial charge in [-0.2, -0.15) is 5.01 Å². The zero-order valence-corrected chi connectivity index (χ0v) is 10.9. The van der Waals surface area contributed by atoms with Crippen LogP contribution >= 0.6 is 0 Å². The van der Waals surface area contributed by atoms with Gasteiger partial charge < -0.3 is 4.74 Å². The molecular weight excluding hydrogens is 248 g/mol. The normalized spacial score (nSPS) is 16.7. The third-order valence-electron chi connectivity index (χ3n) is 2.51. The van der Waals surface area contributed by atoms with E-state index in [1.54, 1.807) is 0 Å². The molecule has 0 aromatic carbocycles. The van der Waals surface area contributed by atoms with Crippen molar-refractivity contribution in [1.29, 1.82) is 0 Å². The molecule has 1 aromatic rings. The molecule has 19 heavy (non-hydrogen) atoms. The van der Waals surface area contributed by atoms with E-state index in [0.717, 1.165) is 11.4 Å². The first-order valence-electron chi connectivity index (χ1n) is 5.70. The first-order valence-corrected chi connectivity index (χ1v) is 5.70. The Morgan fingerprint density at radius 1 is 1.42 bits per heavy atom. The molecule has 7 heteroatoms. The highest BCUT2D eigenvalue weighted by Crippen LogP contribution is 2.17. The number of nitrogens with one attached hydrogen (secondary N) is 1. The predicted octanol–water partition coefficient (Wildman–Crippen LogP) is 0.392. The SMILES string of the molecule is COC(=O)/C=C1/CC(=O)N(c2nc(C)cc(C)n2)N1. The smallest absolute Gasteiger partial charge is 0.332 e. The molecule has 2 heterocycles. The number of hydrogen-bond acceptors (Lipinski definition) is 6. The maximum atomic E-state index is 11.9. The second-order valence-electron chi connectivity index (χ2n) is 4.16. The van der Waals surface area contributed by atoms with E-state index in [9.17, 15) is 9.59 Å². The number of rotatable bonds is 2. The van der Waals surface area contributed by atoms with Crippen LogP contribution in [0.25, 0.3) is 0 Å². The summed E-state index contributed by atoms with van der Waals surface area (Å²) in [7, 11) is 1.28. The van der Waals surface area contributed by atoms with Gasteiger partial charge in [-0.05, 0) is 19.9 Å². The number of hydrazine groups is 1. The lowest BCUT2D eigenvalue weighted by molar-refractivity contribution is -0.134. The van der Waals surface area contributed by atoms with Crippen LogP contribution in [-0.2, 0) is 14.3 Å². The Kier molecular flexibility index (Phi) is 3.46. The second kappa shape index (κ2) is 5.05. The lowest BCUT2D eigenvalue weighted by atomic mass is 10.3. The first kappa shape index (κ1) is 13.0. The third-order valence-corrected chi connectivity index (χ3v) is 2.51. The Bertz CT molecular complexity index is 548. The summed E-state index contributed by atoms with van der Waals surface area (Å²) in [6, 6.07) is 1.81. The number of carbonyl (C=O) groups is 2. The Labute approximate surface area is 110 Å². The van der Waals surface area contributed by atoms with E-state index in [4.69, 9.17) is 0 Å². The highest BCUT2D eigenvalue weighted by molar-refractivity contribution is 5.97. The average molecular weight is 262 g/mol. The molecule has 0 bridgehead atoms. The summed E-state index contributed by atoms with van der Waals surface area (Å²) in [5.41, 5.74) is 4.79. The van der Waals surface area contributed by atoms with Crippen LogP contribution in [0.15, 0.2) is 17.8 Å². The van der Waals surface area contributed by atoms with Crippen molar-refractivity contribution in [2.75, 3.05) is 12.1 Å². The largest absolute Gasteiger partial charge is 0.466 e. The fourth-order valence-corrected chi connectivity index (χ4v) is 1.74. The molecule has 0 spiro atoms. The maximum Gasteiger partial charge on any atom is 0.332 e. The van der Waals surface area contributed by atoms with Gasteiger partial charge in [0, 0.05) is 23.2 Å². The van der Waals surface area contributed by atoms with Gasteiger partial charge in [-0.1, -0.05) is 0 Å². The molecule has 1 fully saturated rings. The minimum atomic E-state index is -0.515. The Balaban J connectivity index is 2.25. The van der Waals surface area contributed by atoms with Crippen LogP contribution in [0.2, 0.25) is 0 Å². The van der Waals surface area contributed by atoms with Crippen molar-refractivity contribution < 1.29 is 14.3 Å². The zero-order valence-electron chi connectivity index (χ0n) is 10.9. The van der Waals surface area contributed by atoms with Crippen molar-refractivity contribution in [3.8, 4) is 0 Å². The van der Waals surface area contributed by atoms with Crippen LogP contribution in [0.3, 0.4) is 0 Å². The first-order chi connectivity index (χ1) is 8.99. The molecule has 1 aliphatic heterocycles. The summed E-state index contributed by atoms with van der Waals surface area (Å²) < 4.78 is 4.51. The molecule has 0 atom stereocenters. The number of aryl methyl sites for hydroxylation is 2. The molecular formula is C12H14N4O3. The van der Waals surface area contributed by atoms with E-state index in [2.05, 4.69) is 20.1 Å². The van der Waals surface area contributed by atoms with Crippen molar-refractivity contribution in [3.05, 3.63) is 29.2 Å². The van der Waals surface area contributed by atoms with Gasteiger partial charge in [0.15, 0.2) is 0 Å². The minimum Gasteiger partial charge on any atom is -0.466 e. The van der Waals surface area contributed by atoms with Crippen molar-refractivity contribution >= 4 is 17.8 Å². The number of hydrogen-bond donors (Lipinski definition) is 1. The lowest BCUT2D eigenvalue weighted by Crippen LogP contribution is -2.35. The van der Waals surface area contributed by atoms with Crippen LogP contribution in [0.5, 0.6) is 0 Å². The molecule has 1 N–H and O–H groups in total. The standard InChI is InChI=1S/C12H14N4O3/c1-7-4-8(2)14-12(13-7)16-10(17)5-9(15-16)6-11(18)19-3/h4,6,15H,5H2,1-3H3/b9-6-. The summed E-state index contributed by atoms with van der Waals surface area (Å²) in [5.74, 6) is -0.464. The topological polar surface area (TPSA) is 84.4 Å². The molecule has 2 rings (SSSR count). The molecule has 100 valence electrons. The quantitative estimate of drug-likeness (QED) is 0.613. The number of amides is 1. The van der Waals surface area contributed by atoms with E-state index in [-0.39, 0.29) is 18.3 Å². The van der Waals surface area contributed by atoms with E-state index < -0.39 is 5.97 Å². The lowest BCUT2D eigenvalue weighted by Gasteiger charge is -2.14. The van der Waals surface area contributed by atoms with E-state index in [1.165, 1.54) is 18.2 Å². The number of ether oxygens (including phenoxy) is 1. The number of carbonyl (C=O) groups excluding carboxylic acids is 2. The second-order valence-corrected chi connectivity index (χ2v) is 4.16. The van der Waals surface area contributed by atoms with E-state index >= 15 is 0 Å². The molecule has 0 saturated carbocycles. The van der Waals surface area contributed by atoms with Crippen molar-refractivity contribution in [3.63, 3.8) is 0 Å². The van der Waals surface area contributed by atoms with Crippen molar-refractivity contribution in [2.24, 2.45) is 0 Å². The summed E-state index contributed by atoms with van der Waals surface area (Å²) in [6.07, 6.45) is 1.33. The number of anilines is 1. The average Bonchev–Trinajstić information content (AvgIpc) is 2.68. The fourth-order valence-electron chi connectivity index (χ4n) is 1.74. The van der Waals surface area contributed by atoms with E-state index in [0.29, 0.717) is 5.70 Å². The molecule has 7 nitrogen and oxygen atoms in total. The summed E-state index contributed by atoms with van der Waals surface area (Å²) in [4.78, 5) is 31.4. The molecule has 1 amide bonds. The monoisotopic (exact) mass is 262 g/mol. The molecule has 0 radical (unpaired) electrons. The molecule has 1 aromatic heterocycles. The highest BCUT2D eigenvalue weighted by Gasteiger charge is 2.28. The molecule has 1 saturated heterocycles. The Hall–Kier alpha value is -2.44. The van der Waals surface area contributed by atoms with Crippen LogP contribution in [0, 0.1) is 13.8 Å². The van der Waals surface area contributed by atoms with E-state index in [1.807, 2.05) is 19.9 Å². The predicted molar refractivity (Wildman–Crippen MR) is 66.8 cm³/mol. The number of methoxy groups -OCH3 is 1. The van der Waals surface area contributed by atoms with Gasteiger partial charge >= 0.3 is 5.97 Å². The number of nitrogens with zero attached hydrogens (tertiary/aromatic N) is 3. The Morgan fingerprint density at radius 3 is 2.63 bits per heavy atom. The van der Waals surface area contributed by atoms with Gasteiger partial charge in [0.05, 0.1) is 13.5 Å². The van der Waals surface area contributed by atoms with Crippen LogP contribution in [-0.4, -0.2) is 29.0 Å². The zero-order chi connectivity index (χ0) is 14.0. The Morgan fingerprint density at radius 2 is 2.05 bits per heavy atom. The number of aromatic nitrogens is 2. The van der Waals surface area contributed by atoms with Gasteiger partial charge in [0.2, 0.25) is 0 Å². The summed E-state index contributed by atoms with van der Waals surface area (Å²) >= 11 is 0. The van der Waals surface area contributed by atoms with Gasteiger partial charge in [0.1, 0.15) is 0 Å². The van der Waals surface area contributed by atoms with Crippen LogP contribution < -0.4 is 10.4 Å². The minimum absolute atomic E-state index is 0.0887. The van der Waals surface area contributed by atoms with Gasteiger partial charge in [-0.3, -0.25) is 10.2 Å². The van der Waals surface area contributed by atoms with Gasteiger partial charge in [-0.15, -0.1) is 0 Å².